The molecule has 0 amide bonds. The van der Waals surface area contributed by atoms with Gasteiger partial charge < -0.3 is 15.7 Å². The van der Waals surface area contributed by atoms with Crippen LogP contribution in [0.4, 0.5) is 0 Å². The van der Waals surface area contributed by atoms with Crippen molar-refractivity contribution in [2.24, 2.45) is 0 Å². The number of aliphatic hydroxyl groups is 2. The molecule has 0 aromatic heterocycles. The van der Waals surface area contributed by atoms with Crippen molar-refractivity contribution in [1.82, 2.24) is 0 Å². The van der Waals surface area contributed by atoms with Gasteiger partial charge >= 0.3 is 0 Å². The summed E-state index contributed by atoms with van der Waals surface area (Å²) in [5, 5.41) is 16.1. The number of hydrogen-bond donors (Lipinski definition) is 2. The molecule has 3 heteroatoms. The zero-order valence-corrected chi connectivity index (χ0v) is 21.0. The van der Waals surface area contributed by atoms with Gasteiger partial charge in [-0.05, 0) is 13.3 Å². The van der Waals surface area contributed by atoms with E-state index in [0.717, 1.165) is 6.42 Å². The quantitative estimate of drug-likeness (QED) is 0.208. The van der Waals surface area contributed by atoms with E-state index in [4.69, 9.17) is 10.2 Å². The molecule has 0 aliphatic heterocycles. The smallest absolute Gasteiger partial charge is 0.0431 e. The maximum atomic E-state index is 8.51. The van der Waals surface area contributed by atoms with Crippen LogP contribution >= 0.6 is 0 Å². The van der Waals surface area contributed by atoms with Crippen LogP contribution in [-0.4, -0.2) is 28.9 Å². The molecule has 29 heavy (non-hydrogen) atoms. The predicted octanol–water partition coefficient (Wildman–Crippen LogP) is 8.00. The van der Waals surface area contributed by atoms with Gasteiger partial charge in [-0.25, -0.2) is 0 Å². The van der Waals surface area contributed by atoms with Gasteiger partial charge in [0, 0.05) is 13.2 Å². The molecule has 0 fully saturated rings. The first-order valence-electron chi connectivity index (χ1n) is 13.0. The van der Waals surface area contributed by atoms with Crippen LogP contribution in [0.15, 0.2) is 0 Å². The summed E-state index contributed by atoms with van der Waals surface area (Å²) in [7, 11) is 0. The summed E-state index contributed by atoms with van der Waals surface area (Å²) in [5.74, 6) is 0. The summed E-state index contributed by atoms with van der Waals surface area (Å²) in [6.07, 6.45) is 27.8. The summed E-state index contributed by atoms with van der Waals surface area (Å²) in [6, 6.07) is 0. The van der Waals surface area contributed by atoms with E-state index in [-0.39, 0.29) is 12.1 Å². The molecular formula is C26H60O3. The van der Waals surface area contributed by atoms with Crippen LogP contribution in [0.2, 0.25) is 0 Å². The largest absolute Gasteiger partial charge is 0.412 e. The molecule has 4 N–H and O–H groups in total. The highest BCUT2D eigenvalue weighted by molar-refractivity contribution is 4.47. The zero-order valence-electron chi connectivity index (χ0n) is 21.0. The second-order valence-electron chi connectivity index (χ2n) is 8.05. The van der Waals surface area contributed by atoms with Gasteiger partial charge in [-0.15, -0.1) is 0 Å². The van der Waals surface area contributed by atoms with E-state index in [1.54, 1.807) is 6.92 Å². The summed E-state index contributed by atoms with van der Waals surface area (Å²) in [5.41, 5.74) is 0. The van der Waals surface area contributed by atoms with E-state index in [1.165, 1.54) is 122 Å². The molecule has 0 aromatic rings. The fourth-order valence-corrected chi connectivity index (χ4v) is 3.16. The molecule has 0 aliphatic rings. The Morgan fingerprint density at radius 1 is 0.345 bits per heavy atom. The minimum atomic E-state index is 0. The third-order valence-corrected chi connectivity index (χ3v) is 4.97. The maximum Gasteiger partial charge on any atom is 0.0431 e. The first-order valence-corrected chi connectivity index (χ1v) is 13.0. The molecule has 0 aromatic carbocycles. The van der Waals surface area contributed by atoms with Crippen LogP contribution in [0.5, 0.6) is 0 Å². The molecule has 0 saturated carbocycles. The van der Waals surface area contributed by atoms with Crippen molar-refractivity contribution < 1.29 is 15.7 Å². The Hall–Kier alpha value is -0.120. The highest BCUT2D eigenvalue weighted by atomic mass is 16.3. The number of aliphatic hydroxyl groups excluding tert-OH is 2. The molecule has 3 nitrogen and oxygen atoms in total. The van der Waals surface area contributed by atoms with Gasteiger partial charge in [0.15, 0.2) is 0 Å². The molecule has 0 heterocycles. The van der Waals surface area contributed by atoms with Gasteiger partial charge in [-0.3, -0.25) is 0 Å². The topological polar surface area (TPSA) is 72.0 Å². The SMILES string of the molecule is CCCCCCCCCCCCCC.CCCCCCCCCCO.CCO.O. The molecule has 182 valence electrons. The van der Waals surface area contributed by atoms with Crippen molar-refractivity contribution in [3.8, 4) is 0 Å². The van der Waals surface area contributed by atoms with Crippen LogP contribution < -0.4 is 0 Å². The third kappa shape index (κ3) is 52.4. The number of rotatable bonds is 19. The van der Waals surface area contributed by atoms with Gasteiger partial charge in [0.2, 0.25) is 0 Å². The van der Waals surface area contributed by atoms with Crippen LogP contribution in [0.3, 0.4) is 0 Å². The van der Waals surface area contributed by atoms with Gasteiger partial charge in [-0.2, -0.15) is 0 Å². The van der Waals surface area contributed by atoms with Crippen LogP contribution in [-0.2, 0) is 0 Å². The van der Waals surface area contributed by atoms with Crippen LogP contribution in [0.25, 0.3) is 0 Å². The van der Waals surface area contributed by atoms with Crippen LogP contribution in [0.1, 0.15) is 156 Å². The average molecular weight is 421 g/mol. The minimum absolute atomic E-state index is 0. The molecule has 0 atom stereocenters. The van der Waals surface area contributed by atoms with Crippen molar-refractivity contribution in [3.05, 3.63) is 0 Å². The van der Waals surface area contributed by atoms with E-state index in [1.807, 2.05) is 0 Å². The molecular weight excluding hydrogens is 360 g/mol. The van der Waals surface area contributed by atoms with Gasteiger partial charge in [0.05, 0.1) is 0 Å². The fourth-order valence-electron chi connectivity index (χ4n) is 3.16. The van der Waals surface area contributed by atoms with E-state index in [0.29, 0.717) is 6.61 Å². The number of unbranched alkanes of at least 4 members (excludes halogenated alkanes) is 18. The Bertz CT molecular complexity index is 190. The van der Waals surface area contributed by atoms with Crippen molar-refractivity contribution in [2.75, 3.05) is 13.2 Å². The van der Waals surface area contributed by atoms with E-state index >= 15 is 0 Å². The Balaban J connectivity index is -0.000000187. The second kappa shape index (κ2) is 42.1. The van der Waals surface area contributed by atoms with Gasteiger partial charge in [0.25, 0.3) is 0 Å². The first-order chi connectivity index (χ1) is 13.7. The highest BCUT2D eigenvalue weighted by Gasteiger charge is 1.92. The molecule has 0 aliphatic carbocycles. The lowest BCUT2D eigenvalue weighted by atomic mass is 10.1. The first kappa shape index (κ1) is 36.3. The second-order valence-corrected chi connectivity index (χ2v) is 8.05. The third-order valence-electron chi connectivity index (χ3n) is 4.97. The standard InChI is InChI=1S/C14H30.C10H22O.C2H6O.H2O/c1-3-5-7-9-11-13-14-12-10-8-6-4-2;1-2-3-4-5-6-7-8-9-10-11;1-2-3;/h3-14H2,1-2H3;11H,2-10H2,1H3;3H,2H2,1H3;1H2. The highest BCUT2D eigenvalue weighted by Crippen LogP contribution is 2.11. The molecule has 0 bridgehead atoms. The maximum absolute atomic E-state index is 8.51. The van der Waals surface area contributed by atoms with Gasteiger partial charge in [-0.1, -0.05) is 143 Å². The normalized spacial score (nSPS) is 9.72. The summed E-state index contributed by atoms with van der Waals surface area (Å²) in [4.78, 5) is 0. The molecule has 0 spiro atoms. The van der Waals surface area contributed by atoms with Crippen molar-refractivity contribution >= 4 is 0 Å². The molecule has 0 rings (SSSR count). The molecule has 0 radical (unpaired) electrons. The summed E-state index contributed by atoms with van der Waals surface area (Å²) < 4.78 is 0. The van der Waals surface area contributed by atoms with Crippen LogP contribution in [0, 0.1) is 0 Å². The predicted molar refractivity (Wildman–Crippen MR) is 133 cm³/mol. The number of hydrogen-bond acceptors (Lipinski definition) is 2. The Labute approximate surface area is 185 Å². The lowest BCUT2D eigenvalue weighted by molar-refractivity contribution is 0.282. The van der Waals surface area contributed by atoms with E-state index in [9.17, 15) is 0 Å². The Kier molecular flexibility index (Phi) is 52.6. The van der Waals surface area contributed by atoms with Crippen molar-refractivity contribution in [1.29, 1.82) is 0 Å². The minimum Gasteiger partial charge on any atom is -0.412 e. The summed E-state index contributed by atoms with van der Waals surface area (Å²) >= 11 is 0. The average Bonchev–Trinajstić information content (AvgIpc) is 2.70. The molecule has 0 saturated heterocycles. The lowest BCUT2D eigenvalue weighted by Gasteiger charge is -2.01. The monoisotopic (exact) mass is 420 g/mol. The Morgan fingerprint density at radius 2 is 0.517 bits per heavy atom. The van der Waals surface area contributed by atoms with E-state index < -0.39 is 0 Å². The van der Waals surface area contributed by atoms with Crippen molar-refractivity contribution in [3.63, 3.8) is 0 Å². The fraction of sp³-hybridized carbons (Fsp3) is 1.00. The Morgan fingerprint density at radius 3 is 0.690 bits per heavy atom. The zero-order chi connectivity index (χ0) is 21.6. The van der Waals surface area contributed by atoms with Gasteiger partial charge in [0.1, 0.15) is 0 Å². The summed E-state index contributed by atoms with van der Waals surface area (Å²) in [6.45, 7) is 9.11. The van der Waals surface area contributed by atoms with Crippen molar-refractivity contribution in [2.45, 2.75) is 156 Å². The molecule has 0 unspecified atom stereocenters. The van der Waals surface area contributed by atoms with E-state index in [2.05, 4.69) is 20.8 Å². The lowest BCUT2D eigenvalue weighted by Crippen LogP contribution is -1.83.